The van der Waals surface area contributed by atoms with Crippen LogP contribution >= 0.6 is 7.53 Å². The van der Waals surface area contributed by atoms with Crippen LogP contribution in [0.3, 0.4) is 0 Å². The van der Waals surface area contributed by atoms with Gasteiger partial charge in [-0.25, -0.2) is 0 Å². The van der Waals surface area contributed by atoms with Crippen molar-refractivity contribution in [2.75, 3.05) is 28.2 Å². The quantitative estimate of drug-likeness (QED) is 0.527. The summed E-state index contributed by atoms with van der Waals surface area (Å²) in [5, 5.41) is 0. The molecule has 82 valence electrons. The number of halogens is 5. The Labute approximate surface area is 73.6 Å². The second kappa shape index (κ2) is 3.00. The fraction of sp³-hybridized carbons (Fsp3) is 1.00. The molecule has 0 amide bonds. The van der Waals surface area contributed by atoms with E-state index in [0.29, 0.717) is 0 Å². The second-order valence-corrected chi connectivity index (χ2v) is 6.74. The van der Waals surface area contributed by atoms with Gasteiger partial charge in [0, 0.05) is 0 Å². The first-order valence-corrected chi connectivity index (χ1v) is 5.24. The molecule has 0 atom stereocenters. The molecule has 0 rings (SSSR count). The molecule has 0 heterocycles. The van der Waals surface area contributed by atoms with Crippen LogP contribution in [0, 0.1) is 0 Å². The van der Waals surface area contributed by atoms with Gasteiger partial charge in [-0.15, -0.1) is 0 Å². The Kier molecular flexibility index (Phi) is 3.00. The van der Waals surface area contributed by atoms with E-state index in [2.05, 4.69) is 0 Å². The molecule has 0 aliphatic heterocycles. The van der Waals surface area contributed by atoms with Crippen LogP contribution in [0.5, 0.6) is 0 Å². The molecule has 0 aromatic heterocycles. The number of alkyl halides is 3. The number of nitrogens with zero attached hydrogens (tertiary/aromatic N) is 2. The first kappa shape index (κ1) is 13.0. The van der Waals surface area contributed by atoms with Crippen molar-refractivity contribution in [2.24, 2.45) is 0 Å². The molecule has 0 aliphatic carbocycles. The predicted octanol–water partition coefficient (Wildman–Crippen LogP) is 2.78. The Hall–Kier alpha value is -0.0000000000000000278. The van der Waals surface area contributed by atoms with Crippen LogP contribution < -0.4 is 0 Å². The molecule has 0 fully saturated rings. The van der Waals surface area contributed by atoms with Crippen molar-refractivity contribution in [3.05, 3.63) is 0 Å². The molecular formula is C5H12F5N2P. The van der Waals surface area contributed by atoms with Crippen LogP contribution in [0.4, 0.5) is 21.6 Å². The summed E-state index contributed by atoms with van der Waals surface area (Å²) in [6, 6.07) is 0. The molecule has 0 saturated heterocycles. The van der Waals surface area contributed by atoms with E-state index in [9.17, 15) is 21.6 Å². The van der Waals surface area contributed by atoms with E-state index in [-0.39, 0.29) is 9.34 Å². The maximum atomic E-state index is 13.4. The predicted molar refractivity (Wildman–Crippen MR) is 42.6 cm³/mol. The van der Waals surface area contributed by atoms with Gasteiger partial charge in [-0.05, 0) is 0 Å². The third kappa shape index (κ3) is 1.53. The second-order valence-electron chi connectivity index (χ2n) is 2.99. The summed E-state index contributed by atoms with van der Waals surface area (Å²) in [6.45, 7) is 0. The zero-order chi connectivity index (χ0) is 11.1. The van der Waals surface area contributed by atoms with Gasteiger partial charge in [0.1, 0.15) is 0 Å². The molecule has 13 heavy (non-hydrogen) atoms. The molecule has 0 bridgehead atoms. The molecule has 8 heteroatoms. The molecule has 0 aromatic carbocycles. The fourth-order valence-electron chi connectivity index (χ4n) is 0.811. The van der Waals surface area contributed by atoms with Crippen LogP contribution in [-0.4, -0.2) is 43.4 Å². The summed E-state index contributed by atoms with van der Waals surface area (Å²) in [4.78, 5) is 0. The van der Waals surface area contributed by atoms with Crippen LogP contribution in [0.2, 0.25) is 0 Å². The molecule has 0 radical (unpaired) electrons. The topological polar surface area (TPSA) is 6.48 Å². The molecular weight excluding hydrogens is 214 g/mol. The summed E-state index contributed by atoms with van der Waals surface area (Å²) < 4.78 is 63.4. The van der Waals surface area contributed by atoms with Crippen molar-refractivity contribution < 1.29 is 21.6 Å². The first-order chi connectivity index (χ1) is 5.44. The van der Waals surface area contributed by atoms with Crippen molar-refractivity contribution in [3.8, 4) is 0 Å². The van der Waals surface area contributed by atoms with Gasteiger partial charge in [-0.3, -0.25) is 0 Å². The standard InChI is InChI=1S/C5H12F5N2P/c1-11(2)13(9,10,12(3)4)5(6,7)8/h1-4H3. The van der Waals surface area contributed by atoms with Gasteiger partial charge in [0.25, 0.3) is 0 Å². The molecule has 0 unspecified atom stereocenters. The molecule has 0 N–H and O–H groups in total. The molecule has 0 saturated carbocycles. The summed E-state index contributed by atoms with van der Waals surface area (Å²) in [5.41, 5.74) is 0. The minimum absolute atomic E-state index is 0.0361. The van der Waals surface area contributed by atoms with E-state index < -0.39 is 13.4 Å². The summed E-state index contributed by atoms with van der Waals surface area (Å²) in [6.07, 6.45) is 0. The Morgan fingerprint density at radius 1 is 0.846 bits per heavy atom. The van der Waals surface area contributed by atoms with Gasteiger partial charge in [0.2, 0.25) is 0 Å². The van der Waals surface area contributed by atoms with E-state index >= 15 is 0 Å². The van der Waals surface area contributed by atoms with Crippen LogP contribution in [0.1, 0.15) is 0 Å². The summed E-state index contributed by atoms with van der Waals surface area (Å²) in [7, 11) is -4.01. The molecule has 0 aliphatic rings. The summed E-state index contributed by atoms with van der Waals surface area (Å²) >= 11 is 0. The monoisotopic (exact) mass is 226 g/mol. The Balaban J connectivity index is 5.44. The number of hydrogen-bond acceptors (Lipinski definition) is 2. The van der Waals surface area contributed by atoms with Gasteiger partial charge >= 0.3 is 72.5 Å². The summed E-state index contributed by atoms with van der Waals surface area (Å²) in [5.74, 6) is -5.52. The van der Waals surface area contributed by atoms with Crippen molar-refractivity contribution in [3.63, 3.8) is 0 Å². The van der Waals surface area contributed by atoms with Gasteiger partial charge in [-0.1, -0.05) is 0 Å². The average Bonchev–Trinajstić information content (AvgIpc) is 1.84. The third-order valence-electron chi connectivity index (χ3n) is 1.78. The van der Waals surface area contributed by atoms with Crippen molar-refractivity contribution in [1.82, 2.24) is 9.34 Å². The van der Waals surface area contributed by atoms with Crippen LogP contribution in [0.25, 0.3) is 0 Å². The SMILES string of the molecule is CN(C)P(F)(F)(N(C)C)C(F)(F)F. The van der Waals surface area contributed by atoms with E-state index in [0.717, 1.165) is 28.2 Å². The maximum absolute atomic E-state index is 13.4. The molecule has 2 nitrogen and oxygen atoms in total. The Morgan fingerprint density at radius 2 is 1.08 bits per heavy atom. The van der Waals surface area contributed by atoms with Gasteiger partial charge < -0.3 is 0 Å². The van der Waals surface area contributed by atoms with E-state index in [1.807, 2.05) is 0 Å². The fourth-order valence-corrected chi connectivity index (χ4v) is 2.43. The van der Waals surface area contributed by atoms with Crippen molar-refractivity contribution >= 4 is 7.53 Å². The Morgan fingerprint density at radius 3 is 1.08 bits per heavy atom. The zero-order valence-corrected chi connectivity index (χ0v) is 8.63. The number of hydrogen-bond donors (Lipinski definition) is 0. The van der Waals surface area contributed by atoms with E-state index in [1.165, 1.54) is 0 Å². The molecule has 0 aromatic rings. The average molecular weight is 226 g/mol. The van der Waals surface area contributed by atoms with Crippen molar-refractivity contribution in [1.29, 1.82) is 0 Å². The van der Waals surface area contributed by atoms with Gasteiger partial charge in [-0.2, -0.15) is 0 Å². The first-order valence-electron chi connectivity index (χ1n) is 3.32. The zero-order valence-electron chi connectivity index (χ0n) is 7.73. The Bertz CT molecular complexity index is 188. The van der Waals surface area contributed by atoms with Crippen molar-refractivity contribution in [2.45, 2.75) is 5.92 Å². The molecule has 0 spiro atoms. The van der Waals surface area contributed by atoms with Gasteiger partial charge in [0.05, 0.1) is 0 Å². The number of rotatable bonds is 2. The normalized spacial score (nSPS) is 17.6. The van der Waals surface area contributed by atoms with E-state index in [4.69, 9.17) is 0 Å². The van der Waals surface area contributed by atoms with Gasteiger partial charge in [0.15, 0.2) is 0 Å². The third-order valence-corrected chi connectivity index (χ3v) is 5.34. The van der Waals surface area contributed by atoms with Crippen LogP contribution in [-0.2, 0) is 0 Å². The minimum atomic E-state index is -6.92. The van der Waals surface area contributed by atoms with E-state index in [1.54, 1.807) is 0 Å². The van der Waals surface area contributed by atoms with Crippen LogP contribution in [0.15, 0.2) is 0 Å².